The number of pyridine rings is 1. The van der Waals surface area contributed by atoms with Crippen LogP contribution >= 0.6 is 0 Å². The van der Waals surface area contributed by atoms with Gasteiger partial charge in [0.25, 0.3) is 5.69 Å². The number of anilines is 2. The lowest BCUT2D eigenvalue weighted by Crippen LogP contribution is -2.44. The first-order chi connectivity index (χ1) is 9.61. The zero-order chi connectivity index (χ0) is 14.5. The van der Waals surface area contributed by atoms with E-state index in [-0.39, 0.29) is 16.7 Å². The summed E-state index contributed by atoms with van der Waals surface area (Å²) in [6, 6.07) is 3.17. The van der Waals surface area contributed by atoms with Gasteiger partial charge in [-0.2, -0.15) is 0 Å². The molecule has 20 heavy (non-hydrogen) atoms. The molecule has 0 radical (unpaired) electrons. The molecule has 7 heteroatoms. The highest BCUT2D eigenvalue weighted by molar-refractivity contribution is 5.56. The second-order valence-corrected chi connectivity index (χ2v) is 4.87. The molecule has 110 valence electrons. The number of hydrogen-bond donors (Lipinski definition) is 1. The molecule has 0 aromatic carbocycles. The minimum atomic E-state index is -0.382. The molecule has 1 aliphatic heterocycles. The Labute approximate surface area is 118 Å². The van der Waals surface area contributed by atoms with E-state index in [4.69, 9.17) is 4.74 Å². The van der Waals surface area contributed by atoms with Crippen LogP contribution in [0.1, 0.15) is 20.3 Å². The number of rotatable bonds is 5. The Morgan fingerprint density at radius 1 is 1.60 bits per heavy atom. The van der Waals surface area contributed by atoms with Crippen molar-refractivity contribution in [2.45, 2.75) is 26.3 Å². The van der Waals surface area contributed by atoms with Crippen LogP contribution in [0.3, 0.4) is 0 Å². The van der Waals surface area contributed by atoms with E-state index in [1.807, 2.05) is 18.7 Å². The van der Waals surface area contributed by atoms with Crippen LogP contribution in [0.15, 0.2) is 12.1 Å². The lowest BCUT2D eigenvalue weighted by atomic mass is 10.2. The molecule has 1 atom stereocenters. The van der Waals surface area contributed by atoms with Gasteiger partial charge >= 0.3 is 0 Å². The van der Waals surface area contributed by atoms with E-state index in [0.29, 0.717) is 31.4 Å². The summed E-state index contributed by atoms with van der Waals surface area (Å²) < 4.78 is 5.39. The molecule has 2 heterocycles. The lowest BCUT2D eigenvalue weighted by molar-refractivity contribution is -0.384. The van der Waals surface area contributed by atoms with E-state index in [0.717, 1.165) is 13.0 Å². The van der Waals surface area contributed by atoms with Crippen LogP contribution in [0.4, 0.5) is 17.3 Å². The third-order valence-electron chi connectivity index (χ3n) is 3.23. The molecule has 7 nitrogen and oxygen atoms in total. The van der Waals surface area contributed by atoms with Crippen molar-refractivity contribution in [3.05, 3.63) is 22.2 Å². The van der Waals surface area contributed by atoms with Crippen LogP contribution < -0.4 is 10.2 Å². The van der Waals surface area contributed by atoms with Crippen molar-refractivity contribution >= 4 is 17.3 Å². The van der Waals surface area contributed by atoms with Crippen molar-refractivity contribution in [3.63, 3.8) is 0 Å². The van der Waals surface area contributed by atoms with Gasteiger partial charge < -0.3 is 15.0 Å². The first-order valence-electron chi connectivity index (χ1n) is 6.86. The predicted molar refractivity (Wildman–Crippen MR) is 77.3 cm³/mol. The summed E-state index contributed by atoms with van der Waals surface area (Å²) in [5.41, 5.74) is 0.0623. The van der Waals surface area contributed by atoms with Crippen molar-refractivity contribution in [2.75, 3.05) is 36.5 Å². The molecule has 1 N–H and O–H groups in total. The molecular formula is C13H20N4O3. The first kappa shape index (κ1) is 14.5. The monoisotopic (exact) mass is 280 g/mol. The zero-order valence-corrected chi connectivity index (χ0v) is 11.8. The average molecular weight is 280 g/mol. The van der Waals surface area contributed by atoms with Crippen LogP contribution in [-0.4, -0.2) is 42.3 Å². The fourth-order valence-corrected chi connectivity index (χ4v) is 2.17. The van der Waals surface area contributed by atoms with Crippen LogP contribution in [-0.2, 0) is 4.74 Å². The van der Waals surface area contributed by atoms with Gasteiger partial charge in [0.05, 0.1) is 36.3 Å². The molecule has 1 unspecified atom stereocenters. The summed E-state index contributed by atoms with van der Waals surface area (Å²) in [6.07, 6.45) is 0.938. The molecular weight excluding hydrogens is 260 g/mol. The van der Waals surface area contributed by atoms with Gasteiger partial charge in [-0.3, -0.25) is 10.1 Å². The van der Waals surface area contributed by atoms with Crippen molar-refractivity contribution in [1.29, 1.82) is 0 Å². The van der Waals surface area contributed by atoms with Gasteiger partial charge in [-0.25, -0.2) is 4.98 Å². The van der Waals surface area contributed by atoms with Crippen LogP contribution in [0.5, 0.6) is 0 Å². The maximum atomic E-state index is 11.1. The minimum absolute atomic E-state index is 0.0623. The number of hydrogen-bond acceptors (Lipinski definition) is 6. The largest absolute Gasteiger partial charge is 0.377 e. The summed E-state index contributed by atoms with van der Waals surface area (Å²) in [4.78, 5) is 17.2. The number of aromatic nitrogens is 1. The molecule has 0 amide bonds. The fourth-order valence-electron chi connectivity index (χ4n) is 2.17. The summed E-state index contributed by atoms with van der Waals surface area (Å²) in [5, 5.41) is 14.2. The lowest BCUT2D eigenvalue weighted by Gasteiger charge is -2.34. The Morgan fingerprint density at radius 2 is 2.40 bits per heavy atom. The van der Waals surface area contributed by atoms with Gasteiger partial charge in [-0.1, -0.05) is 6.92 Å². The van der Waals surface area contributed by atoms with E-state index in [9.17, 15) is 10.1 Å². The summed E-state index contributed by atoms with van der Waals surface area (Å²) >= 11 is 0. The molecule has 0 spiro atoms. The van der Waals surface area contributed by atoms with Gasteiger partial charge in [0.15, 0.2) is 0 Å². The summed E-state index contributed by atoms with van der Waals surface area (Å²) in [7, 11) is 0. The molecule has 1 aromatic rings. The van der Waals surface area contributed by atoms with Gasteiger partial charge in [0.1, 0.15) is 11.6 Å². The average Bonchev–Trinajstić information content (AvgIpc) is 2.45. The van der Waals surface area contributed by atoms with E-state index in [2.05, 4.69) is 10.3 Å². The standard InChI is InChI=1S/C13H20N4O3/c1-3-4-14-12-7-11(17(18)19)8-13(15-12)16-5-6-20-9-10(16)2/h7-8,10H,3-6,9H2,1-2H3,(H,14,15). The maximum Gasteiger partial charge on any atom is 0.276 e. The van der Waals surface area contributed by atoms with E-state index in [1.165, 1.54) is 12.1 Å². The highest BCUT2D eigenvalue weighted by Gasteiger charge is 2.23. The Balaban J connectivity index is 2.30. The van der Waals surface area contributed by atoms with Crippen LogP contribution in [0.2, 0.25) is 0 Å². The highest BCUT2D eigenvalue weighted by atomic mass is 16.6. The van der Waals surface area contributed by atoms with Crippen molar-refractivity contribution in [3.8, 4) is 0 Å². The van der Waals surface area contributed by atoms with Crippen molar-refractivity contribution in [1.82, 2.24) is 4.98 Å². The Kier molecular flexibility index (Phi) is 4.73. The summed E-state index contributed by atoms with van der Waals surface area (Å²) in [5.74, 6) is 1.18. The van der Waals surface area contributed by atoms with Gasteiger partial charge in [0, 0.05) is 13.1 Å². The molecule has 0 saturated carbocycles. The second kappa shape index (κ2) is 6.51. The fraction of sp³-hybridized carbons (Fsp3) is 0.615. The van der Waals surface area contributed by atoms with Crippen molar-refractivity contribution in [2.24, 2.45) is 0 Å². The van der Waals surface area contributed by atoms with Crippen LogP contribution in [0, 0.1) is 10.1 Å². The molecule has 1 fully saturated rings. The van der Waals surface area contributed by atoms with Crippen LogP contribution in [0.25, 0.3) is 0 Å². The number of morpholine rings is 1. The van der Waals surface area contributed by atoms with E-state index < -0.39 is 0 Å². The third-order valence-corrected chi connectivity index (χ3v) is 3.23. The molecule has 0 aliphatic carbocycles. The van der Waals surface area contributed by atoms with Gasteiger partial charge in [0.2, 0.25) is 0 Å². The molecule has 0 bridgehead atoms. The number of nitrogens with one attached hydrogen (secondary N) is 1. The summed E-state index contributed by atoms with van der Waals surface area (Å²) in [6.45, 7) is 6.73. The number of nitrogens with zero attached hydrogens (tertiary/aromatic N) is 3. The van der Waals surface area contributed by atoms with E-state index >= 15 is 0 Å². The normalized spacial score (nSPS) is 18.9. The maximum absolute atomic E-state index is 11.1. The van der Waals surface area contributed by atoms with Gasteiger partial charge in [-0.05, 0) is 13.3 Å². The zero-order valence-electron chi connectivity index (χ0n) is 11.8. The van der Waals surface area contributed by atoms with Crippen molar-refractivity contribution < 1.29 is 9.66 Å². The third kappa shape index (κ3) is 3.36. The number of nitro groups is 1. The number of ether oxygens (including phenoxy) is 1. The Hall–Kier alpha value is -1.89. The quantitative estimate of drug-likeness (QED) is 0.656. The Bertz CT molecular complexity index is 481. The van der Waals surface area contributed by atoms with E-state index in [1.54, 1.807) is 0 Å². The molecule has 2 rings (SSSR count). The highest BCUT2D eigenvalue weighted by Crippen LogP contribution is 2.25. The Morgan fingerprint density at radius 3 is 3.05 bits per heavy atom. The topological polar surface area (TPSA) is 80.5 Å². The SMILES string of the molecule is CCCNc1cc([N+](=O)[O-])cc(N2CCOCC2C)n1. The molecule has 1 saturated heterocycles. The molecule has 1 aromatic heterocycles. The minimum Gasteiger partial charge on any atom is -0.377 e. The van der Waals surface area contributed by atoms with Gasteiger partial charge in [-0.15, -0.1) is 0 Å². The predicted octanol–water partition coefficient (Wildman–Crippen LogP) is 2.04. The first-order valence-corrected chi connectivity index (χ1v) is 6.86. The smallest absolute Gasteiger partial charge is 0.276 e. The molecule has 1 aliphatic rings. The second-order valence-electron chi connectivity index (χ2n) is 4.87.